The molecule has 3 aliphatic rings. The predicted molar refractivity (Wildman–Crippen MR) is 80.3 cm³/mol. The summed E-state index contributed by atoms with van der Waals surface area (Å²) >= 11 is 1.83. The summed E-state index contributed by atoms with van der Waals surface area (Å²) < 4.78 is 5.97. The minimum atomic E-state index is 0.0880. The van der Waals surface area contributed by atoms with Crippen LogP contribution in [0.25, 0.3) is 0 Å². The van der Waals surface area contributed by atoms with E-state index in [9.17, 15) is 4.79 Å². The van der Waals surface area contributed by atoms with Gasteiger partial charge in [-0.1, -0.05) is 0 Å². The van der Waals surface area contributed by atoms with E-state index < -0.39 is 0 Å². The van der Waals surface area contributed by atoms with Crippen molar-refractivity contribution >= 4 is 17.1 Å². The van der Waals surface area contributed by atoms with E-state index in [0.717, 1.165) is 25.9 Å². The van der Waals surface area contributed by atoms with Gasteiger partial charge in [0.15, 0.2) is 0 Å². The third-order valence-electron chi connectivity index (χ3n) is 5.56. The first-order valence-electron chi connectivity index (χ1n) is 8.01. The minimum Gasteiger partial charge on any atom is -0.375 e. The Labute approximate surface area is 124 Å². The Kier molecular flexibility index (Phi) is 3.23. The molecule has 2 nitrogen and oxygen atoms in total. The predicted octanol–water partition coefficient (Wildman–Crippen LogP) is 4.09. The van der Waals surface area contributed by atoms with Gasteiger partial charge in [-0.2, -0.15) is 0 Å². The van der Waals surface area contributed by atoms with Crippen LogP contribution in [0.2, 0.25) is 0 Å². The lowest BCUT2D eigenvalue weighted by Crippen LogP contribution is -2.47. The number of carbonyl (C=O) groups is 1. The van der Waals surface area contributed by atoms with Crippen molar-refractivity contribution < 1.29 is 9.53 Å². The summed E-state index contributed by atoms with van der Waals surface area (Å²) in [6.07, 6.45) is 8.97. The first kappa shape index (κ1) is 13.0. The second-order valence-corrected chi connectivity index (χ2v) is 7.72. The summed E-state index contributed by atoms with van der Waals surface area (Å²) in [7, 11) is 0. The van der Waals surface area contributed by atoms with Gasteiger partial charge in [-0.25, -0.2) is 0 Å². The molecule has 0 radical (unpaired) electrons. The topological polar surface area (TPSA) is 26.3 Å². The smallest absolute Gasteiger partial charge is 0.143 e. The van der Waals surface area contributed by atoms with Crippen LogP contribution in [0.1, 0.15) is 61.3 Å². The van der Waals surface area contributed by atoms with E-state index in [0.29, 0.717) is 5.78 Å². The average molecular weight is 290 g/mol. The van der Waals surface area contributed by atoms with Gasteiger partial charge in [0.1, 0.15) is 5.78 Å². The molecule has 1 aliphatic heterocycles. The number of hydrogen-bond acceptors (Lipinski definition) is 3. The van der Waals surface area contributed by atoms with Crippen LogP contribution in [0.3, 0.4) is 0 Å². The maximum Gasteiger partial charge on any atom is 0.143 e. The van der Waals surface area contributed by atoms with Crippen LogP contribution >= 0.6 is 11.3 Å². The summed E-state index contributed by atoms with van der Waals surface area (Å²) in [5, 5.41) is 2.16. The lowest BCUT2D eigenvalue weighted by Gasteiger charge is -2.47. The summed E-state index contributed by atoms with van der Waals surface area (Å²) in [5.74, 6) is 0.948. The highest BCUT2D eigenvalue weighted by Crippen LogP contribution is 2.46. The van der Waals surface area contributed by atoms with Crippen molar-refractivity contribution in [3.63, 3.8) is 0 Å². The van der Waals surface area contributed by atoms with Crippen LogP contribution in [0.5, 0.6) is 0 Å². The summed E-state index contributed by atoms with van der Waals surface area (Å²) in [4.78, 5) is 14.4. The van der Waals surface area contributed by atoms with E-state index in [4.69, 9.17) is 4.74 Å². The number of ether oxygens (including phenoxy) is 1. The van der Waals surface area contributed by atoms with Crippen LogP contribution in [0, 0.1) is 5.92 Å². The zero-order valence-corrected chi connectivity index (χ0v) is 12.7. The fourth-order valence-corrected chi connectivity index (χ4v) is 5.24. The van der Waals surface area contributed by atoms with Gasteiger partial charge in [0.05, 0.1) is 5.60 Å². The first-order valence-corrected chi connectivity index (χ1v) is 8.89. The molecule has 1 saturated carbocycles. The second-order valence-electron chi connectivity index (χ2n) is 6.72. The normalized spacial score (nSPS) is 31.6. The van der Waals surface area contributed by atoms with Gasteiger partial charge in [-0.05, 0) is 68.4 Å². The molecule has 108 valence electrons. The molecular weight excluding hydrogens is 268 g/mol. The van der Waals surface area contributed by atoms with Crippen LogP contribution in [0.15, 0.2) is 11.4 Å². The summed E-state index contributed by atoms with van der Waals surface area (Å²) in [6.45, 7) is 0.791. The number of carbonyl (C=O) groups excluding carboxylic acids is 1. The molecule has 2 heterocycles. The molecule has 1 aromatic heterocycles. The van der Waals surface area contributed by atoms with E-state index in [2.05, 4.69) is 11.4 Å². The van der Waals surface area contributed by atoms with Crippen molar-refractivity contribution in [2.45, 2.75) is 62.9 Å². The molecule has 0 amide bonds. The van der Waals surface area contributed by atoms with Crippen LogP contribution < -0.4 is 0 Å². The molecule has 0 N–H and O–H groups in total. The lowest BCUT2D eigenvalue weighted by molar-refractivity contribution is -0.156. The zero-order valence-electron chi connectivity index (χ0n) is 11.9. The molecule has 0 bridgehead atoms. The van der Waals surface area contributed by atoms with Gasteiger partial charge in [0, 0.05) is 23.3 Å². The molecule has 2 atom stereocenters. The van der Waals surface area contributed by atoms with Crippen molar-refractivity contribution in [3.8, 4) is 0 Å². The second kappa shape index (κ2) is 4.96. The molecule has 2 fully saturated rings. The molecule has 2 aliphatic carbocycles. The lowest BCUT2D eigenvalue weighted by atomic mass is 9.68. The highest BCUT2D eigenvalue weighted by molar-refractivity contribution is 7.10. The van der Waals surface area contributed by atoms with Gasteiger partial charge in [0.25, 0.3) is 0 Å². The Morgan fingerprint density at radius 3 is 3.00 bits per heavy atom. The molecule has 20 heavy (non-hydrogen) atoms. The zero-order chi connectivity index (χ0) is 13.6. The number of fused-ring (bicyclic) bond motifs is 1. The Morgan fingerprint density at radius 1 is 1.30 bits per heavy atom. The summed E-state index contributed by atoms with van der Waals surface area (Å²) in [5.41, 5.74) is 1.44. The average Bonchev–Trinajstić information content (AvgIpc) is 2.93. The van der Waals surface area contributed by atoms with E-state index in [1.54, 1.807) is 0 Å². The molecule has 4 rings (SSSR count). The fourth-order valence-electron chi connectivity index (χ4n) is 4.26. The van der Waals surface area contributed by atoms with E-state index in [1.165, 1.54) is 42.5 Å². The number of aryl methyl sites for hydroxylation is 1. The minimum absolute atomic E-state index is 0.0880. The third kappa shape index (κ3) is 2.06. The molecule has 1 aromatic rings. The third-order valence-corrected chi connectivity index (χ3v) is 6.55. The van der Waals surface area contributed by atoms with Crippen LogP contribution in [0.4, 0.5) is 0 Å². The van der Waals surface area contributed by atoms with Crippen LogP contribution in [-0.4, -0.2) is 18.0 Å². The number of Topliss-reactive ketones (excluding diaryl/α,β-unsaturated/α-hetero) is 1. The Bertz CT molecular complexity index is 515. The van der Waals surface area contributed by atoms with Gasteiger partial charge in [-0.15, -0.1) is 11.3 Å². The quantitative estimate of drug-likeness (QED) is 0.820. The number of thiophene rings is 1. The van der Waals surface area contributed by atoms with Crippen LogP contribution in [-0.2, 0) is 16.0 Å². The maximum absolute atomic E-state index is 13.0. The summed E-state index contributed by atoms with van der Waals surface area (Å²) in [6, 6.07) is 2.19. The van der Waals surface area contributed by atoms with Gasteiger partial charge >= 0.3 is 0 Å². The van der Waals surface area contributed by atoms with Gasteiger partial charge in [-0.3, -0.25) is 4.79 Å². The van der Waals surface area contributed by atoms with Crippen molar-refractivity contribution in [2.75, 3.05) is 6.61 Å². The first-order chi connectivity index (χ1) is 9.77. The van der Waals surface area contributed by atoms with Gasteiger partial charge in [0.2, 0.25) is 0 Å². The monoisotopic (exact) mass is 290 g/mol. The Hall–Kier alpha value is -0.670. The van der Waals surface area contributed by atoms with Crippen molar-refractivity contribution in [1.29, 1.82) is 0 Å². The highest BCUT2D eigenvalue weighted by Gasteiger charge is 2.45. The molecule has 3 heteroatoms. The van der Waals surface area contributed by atoms with Crippen molar-refractivity contribution in [3.05, 3.63) is 21.9 Å². The highest BCUT2D eigenvalue weighted by atomic mass is 32.1. The number of hydrogen-bond donors (Lipinski definition) is 0. The standard InChI is InChI=1S/C17H22O2S/c18-16(12-5-9-19-17(11-12)7-2-8-17)14-3-1-4-15-13(14)6-10-20-15/h6,10,12,14H,1-5,7-9,11H2. The van der Waals surface area contributed by atoms with Gasteiger partial charge < -0.3 is 4.74 Å². The largest absolute Gasteiger partial charge is 0.375 e. The van der Waals surface area contributed by atoms with Crippen molar-refractivity contribution in [1.82, 2.24) is 0 Å². The fraction of sp³-hybridized carbons (Fsp3) is 0.706. The van der Waals surface area contributed by atoms with Crippen molar-refractivity contribution in [2.24, 2.45) is 5.92 Å². The molecule has 2 unspecified atom stereocenters. The molecule has 1 saturated heterocycles. The number of ketones is 1. The Morgan fingerprint density at radius 2 is 2.20 bits per heavy atom. The molecular formula is C17H22O2S. The van der Waals surface area contributed by atoms with E-state index in [-0.39, 0.29) is 17.4 Å². The van der Waals surface area contributed by atoms with E-state index in [1.807, 2.05) is 11.3 Å². The maximum atomic E-state index is 13.0. The SMILES string of the molecule is O=C(C1CCOC2(CCC2)C1)C1CCCc2sccc21. The number of rotatable bonds is 2. The molecule has 1 spiro atoms. The molecule has 0 aromatic carbocycles. The van der Waals surface area contributed by atoms with E-state index >= 15 is 0 Å². The Balaban J connectivity index is 1.53.